The number of esters is 1. The summed E-state index contributed by atoms with van der Waals surface area (Å²) in [6.45, 7) is 1.61. The number of methoxy groups -OCH3 is 1. The van der Waals surface area contributed by atoms with Crippen LogP contribution in [0, 0.1) is 5.92 Å². The number of aromatic nitrogens is 2. The van der Waals surface area contributed by atoms with Gasteiger partial charge in [-0.1, -0.05) is 6.92 Å². The number of imidazole rings is 1. The third-order valence-corrected chi connectivity index (χ3v) is 3.02. The number of aromatic amines is 1. The fourth-order valence-electron chi connectivity index (χ4n) is 1.89. The molecule has 2 atom stereocenters. The molecule has 0 aliphatic heterocycles. The molecule has 0 bridgehead atoms. The molecule has 3 N–H and O–H groups in total. The molecule has 2 unspecified atom stereocenters. The van der Waals surface area contributed by atoms with E-state index >= 15 is 0 Å². The van der Waals surface area contributed by atoms with Gasteiger partial charge in [0.1, 0.15) is 5.92 Å². The Balaban J connectivity index is 2.73. The molecule has 1 heterocycles. The first kappa shape index (κ1) is 16.7. The third-order valence-electron chi connectivity index (χ3n) is 3.02. The average Bonchev–Trinajstić information content (AvgIpc) is 2.91. The second-order valence-electron chi connectivity index (χ2n) is 4.55. The van der Waals surface area contributed by atoms with Gasteiger partial charge >= 0.3 is 11.9 Å². The van der Waals surface area contributed by atoms with Crippen LogP contribution in [0.5, 0.6) is 0 Å². The van der Waals surface area contributed by atoms with E-state index in [1.54, 1.807) is 13.1 Å². The highest BCUT2D eigenvalue weighted by molar-refractivity contribution is 5.97. The molecule has 1 aromatic rings. The zero-order valence-corrected chi connectivity index (χ0v) is 12.0. The lowest BCUT2D eigenvalue weighted by Gasteiger charge is -2.19. The molecule has 1 amide bonds. The predicted octanol–water partition coefficient (Wildman–Crippen LogP) is 0.111. The summed E-state index contributed by atoms with van der Waals surface area (Å²) < 4.78 is 4.58. The van der Waals surface area contributed by atoms with Crippen LogP contribution in [0.15, 0.2) is 12.5 Å². The number of H-pyrrole nitrogens is 1. The van der Waals surface area contributed by atoms with Crippen LogP contribution in [-0.2, 0) is 25.5 Å². The largest absolute Gasteiger partial charge is 0.481 e. The van der Waals surface area contributed by atoms with Crippen molar-refractivity contribution < 1.29 is 24.2 Å². The highest BCUT2D eigenvalue weighted by Gasteiger charge is 2.27. The second-order valence-corrected chi connectivity index (χ2v) is 4.55. The molecule has 0 radical (unpaired) electrons. The van der Waals surface area contributed by atoms with Gasteiger partial charge in [-0.25, -0.2) is 4.98 Å². The number of rotatable bonds is 8. The lowest BCUT2D eigenvalue weighted by atomic mass is 10.0. The number of nitrogens with zero attached hydrogens (tertiary/aromatic N) is 1. The van der Waals surface area contributed by atoms with Gasteiger partial charge in [-0.05, 0) is 6.42 Å². The van der Waals surface area contributed by atoms with Gasteiger partial charge in [0.05, 0.1) is 25.6 Å². The van der Waals surface area contributed by atoms with E-state index in [1.807, 2.05) is 0 Å². The van der Waals surface area contributed by atoms with Crippen molar-refractivity contribution in [2.75, 3.05) is 7.11 Å². The lowest BCUT2D eigenvalue weighted by molar-refractivity contribution is -0.147. The first-order valence-electron chi connectivity index (χ1n) is 6.55. The van der Waals surface area contributed by atoms with Crippen LogP contribution in [0.2, 0.25) is 0 Å². The molecule has 1 aromatic heterocycles. The predicted molar refractivity (Wildman–Crippen MR) is 72.3 cm³/mol. The van der Waals surface area contributed by atoms with Gasteiger partial charge in [-0.3, -0.25) is 14.4 Å². The Hall–Kier alpha value is -2.38. The van der Waals surface area contributed by atoms with Gasteiger partial charge in [0, 0.05) is 18.7 Å². The standard InChI is InChI=1S/C13H19N3O5/c1-3-10(13(19)20)12(18)16-8(5-11(17)21-2)4-9-6-14-7-15-9/h6-8,10H,3-5H2,1-2H3,(H,14,15)(H,16,18)(H,19,20). The van der Waals surface area contributed by atoms with E-state index in [9.17, 15) is 14.4 Å². The second kappa shape index (κ2) is 8.03. The summed E-state index contributed by atoms with van der Waals surface area (Å²) >= 11 is 0. The topological polar surface area (TPSA) is 121 Å². The van der Waals surface area contributed by atoms with E-state index in [0.29, 0.717) is 12.1 Å². The van der Waals surface area contributed by atoms with Crippen LogP contribution >= 0.6 is 0 Å². The van der Waals surface area contributed by atoms with Crippen molar-refractivity contribution >= 4 is 17.8 Å². The smallest absolute Gasteiger partial charge is 0.316 e. The van der Waals surface area contributed by atoms with Gasteiger partial charge in [0.15, 0.2) is 0 Å². The number of hydrogen-bond acceptors (Lipinski definition) is 5. The van der Waals surface area contributed by atoms with Crippen molar-refractivity contribution in [2.24, 2.45) is 5.92 Å². The molecule has 0 saturated carbocycles. The number of nitrogens with one attached hydrogen (secondary N) is 2. The first-order valence-corrected chi connectivity index (χ1v) is 6.55. The molecule has 0 fully saturated rings. The van der Waals surface area contributed by atoms with Crippen molar-refractivity contribution in [1.82, 2.24) is 15.3 Å². The van der Waals surface area contributed by atoms with Crippen molar-refractivity contribution in [3.05, 3.63) is 18.2 Å². The average molecular weight is 297 g/mol. The molecule has 0 spiro atoms. The van der Waals surface area contributed by atoms with Gasteiger partial charge in [0.25, 0.3) is 0 Å². The monoisotopic (exact) mass is 297 g/mol. The Kier molecular flexibility index (Phi) is 6.38. The maximum Gasteiger partial charge on any atom is 0.316 e. The van der Waals surface area contributed by atoms with Crippen molar-refractivity contribution in [3.8, 4) is 0 Å². The van der Waals surface area contributed by atoms with E-state index in [0.717, 1.165) is 0 Å². The first-order chi connectivity index (χ1) is 9.97. The van der Waals surface area contributed by atoms with Crippen molar-refractivity contribution in [1.29, 1.82) is 0 Å². The summed E-state index contributed by atoms with van der Waals surface area (Å²) in [6.07, 6.45) is 3.56. The van der Waals surface area contributed by atoms with Crippen LogP contribution < -0.4 is 5.32 Å². The summed E-state index contributed by atoms with van der Waals surface area (Å²) in [5.41, 5.74) is 0.660. The van der Waals surface area contributed by atoms with E-state index in [1.165, 1.54) is 13.4 Å². The molecule has 1 rings (SSSR count). The van der Waals surface area contributed by atoms with Gasteiger partial charge in [-0.15, -0.1) is 0 Å². The Morgan fingerprint density at radius 3 is 2.67 bits per heavy atom. The maximum atomic E-state index is 12.0. The molecule has 0 saturated heterocycles. The van der Waals surface area contributed by atoms with Crippen molar-refractivity contribution in [2.45, 2.75) is 32.2 Å². The minimum Gasteiger partial charge on any atom is -0.481 e. The minimum absolute atomic E-state index is 0.0504. The molecule has 0 aromatic carbocycles. The molecular weight excluding hydrogens is 278 g/mol. The molecule has 8 heteroatoms. The normalized spacial score (nSPS) is 13.2. The zero-order chi connectivity index (χ0) is 15.8. The fourth-order valence-corrected chi connectivity index (χ4v) is 1.89. The Labute approximate surface area is 121 Å². The van der Waals surface area contributed by atoms with Crippen LogP contribution in [0.25, 0.3) is 0 Å². The van der Waals surface area contributed by atoms with Crippen LogP contribution in [-0.4, -0.2) is 46.1 Å². The molecule has 0 aliphatic carbocycles. The van der Waals surface area contributed by atoms with Crippen LogP contribution in [0.1, 0.15) is 25.5 Å². The highest BCUT2D eigenvalue weighted by Crippen LogP contribution is 2.08. The molecule has 21 heavy (non-hydrogen) atoms. The SMILES string of the molecule is CCC(C(=O)O)C(=O)NC(CC(=O)OC)Cc1c[nH]cn1. The number of ether oxygens (including phenoxy) is 1. The Morgan fingerprint density at radius 1 is 1.48 bits per heavy atom. The van der Waals surface area contributed by atoms with Gasteiger partial charge in [-0.2, -0.15) is 0 Å². The lowest BCUT2D eigenvalue weighted by Crippen LogP contribution is -2.43. The number of carboxylic acids is 1. The summed E-state index contributed by atoms with van der Waals surface area (Å²) in [7, 11) is 1.25. The van der Waals surface area contributed by atoms with Crippen LogP contribution in [0.4, 0.5) is 0 Å². The van der Waals surface area contributed by atoms with Crippen LogP contribution in [0.3, 0.4) is 0 Å². The zero-order valence-electron chi connectivity index (χ0n) is 12.0. The number of aliphatic carboxylic acids is 1. The Bertz CT molecular complexity index is 486. The number of hydrogen-bond donors (Lipinski definition) is 3. The third kappa shape index (κ3) is 5.25. The number of carbonyl (C=O) groups is 3. The number of carbonyl (C=O) groups excluding carboxylic acids is 2. The fraction of sp³-hybridized carbons (Fsp3) is 0.538. The number of amides is 1. The number of carboxylic acid groups (broad SMARTS) is 1. The van der Waals surface area contributed by atoms with E-state index < -0.39 is 29.8 Å². The summed E-state index contributed by atoms with van der Waals surface area (Å²) in [5, 5.41) is 11.5. The quantitative estimate of drug-likeness (QED) is 0.462. The molecule has 116 valence electrons. The van der Waals surface area contributed by atoms with E-state index in [2.05, 4.69) is 20.0 Å². The summed E-state index contributed by atoms with van der Waals surface area (Å²) in [4.78, 5) is 41.1. The summed E-state index contributed by atoms with van der Waals surface area (Å²) in [5.74, 6) is -3.43. The molecular formula is C13H19N3O5. The Morgan fingerprint density at radius 2 is 2.19 bits per heavy atom. The van der Waals surface area contributed by atoms with E-state index in [4.69, 9.17) is 5.11 Å². The highest BCUT2D eigenvalue weighted by atomic mass is 16.5. The molecule has 0 aliphatic rings. The van der Waals surface area contributed by atoms with Gasteiger partial charge < -0.3 is 20.1 Å². The van der Waals surface area contributed by atoms with Gasteiger partial charge in [0.2, 0.25) is 5.91 Å². The maximum absolute atomic E-state index is 12.0. The van der Waals surface area contributed by atoms with E-state index in [-0.39, 0.29) is 12.8 Å². The molecule has 8 nitrogen and oxygen atoms in total. The summed E-state index contributed by atoms with van der Waals surface area (Å²) in [6, 6.07) is -0.568. The van der Waals surface area contributed by atoms with Crippen molar-refractivity contribution in [3.63, 3.8) is 0 Å². The minimum atomic E-state index is -1.19.